The van der Waals surface area contributed by atoms with Crippen LogP contribution in [0.1, 0.15) is 36.8 Å². The van der Waals surface area contributed by atoms with Crippen molar-refractivity contribution in [3.05, 3.63) is 70.5 Å². The summed E-state index contributed by atoms with van der Waals surface area (Å²) in [5, 5.41) is 3.36. The van der Waals surface area contributed by atoms with Crippen LogP contribution >= 0.6 is 23.4 Å². The third-order valence-corrected chi connectivity index (χ3v) is 9.25. The number of hydrogen-bond donors (Lipinski definition) is 1. The summed E-state index contributed by atoms with van der Waals surface area (Å²) in [6.07, 6.45) is 4.16. The molecule has 1 saturated carbocycles. The second-order valence-corrected chi connectivity index (χ2v) is 11.2. The first-order valence-electron chi connectivity index (χ1n) is 11.9. The number of thioether (sulfide) groups is 1. The van der Waals surface area contributed by atoms with Crippen LogP contribution in [0, 0.1) is 11.7 Å². The predicted octanol–water partition coefficient (Wildman–Crippen LogP) is 4.60. The Hall–Kier alpha value is -2.58. The molecular weight excluding hydrogens is 489 g/mol. The number of benzene rings is 2. The first kappa shape index (κ1) is 24.1. The molecule has 0 radical (unpaired) electrons. The smallest absolute Gasteiger partial charge is 0.327 e. The van der Waals surface area contributed by atoms with Gasteiger partial charge in [-0.1, -0.05) is 54.8 Å². The molecule has 3 fully saturated rings. The minimum absolute atomic E-state index is 0.0504. The average molecular weight is 516 g/mol. The molecule has 184 valence electrons. The van der Waals surface area contributed by atoms with E-state index < -0.39 is 11.3 Å². The van der Waals surface area contributed by atoms with Crippen LogP contribution < -0.4 is 5.32 Å². The largest absolute Gasteiger partial charge is 0.350 e. The Morgan fingerprint density at radius 1 is 1.09 bits per heavy atom. The molecule has 1 aliphatic carbocycles. The van der Waals surface area contributed by atoms with E-state index in [-0.39, 0.29) is 49.2 Å². The monoisotopic (exact) mass is 515 g/mol. The number of hydrogen-bond acceptors (Lipinski definition) is 4. The first-order chi connectivity index (χ1) is 16.9. The molecule has 4 atom stereocenters. The Kier molecular flexibility index (Phi) is 7.02. The minimum Gasteiger partial charge on any atom is -0.350 e. The Bertz CT molecular complexity index is 1130. The topological polar surface area (TPSA) is 69.7 Å². The second kappa shape index (κ2) is 10.2. The normalized spacial score (nSPS) is 25.9. The van der Waals surface area contributed by atoms with Gasteiger partial charge in [0.25, 0.3) is 0 Å². The first-order valence-corrected chi connectivity index (χ1v) is 13.3. The molecule has 0 bridgehead atoms. The van der Waals surface area contributed by atoms with Crippen LogP contribution in [-0.2, 0) is 22.7 Å². The molecule has 35 heavy (non-hydrogen) atoms. The lowest BCUT2D eigenvalue weighted by Gasteiger charge is -2.43. The van der Waals surface area contributed by atoms with Gasteiger partial charge in [-0.05, 0) is 48.1 Å². The molecule has 2 heterocycles. The molecule has 4 amide bonds. The highest BCUT2D eigenvalue weighted by molar-refractivity contribution is 8.01. The molecule has 6 nitrogen and oxygen atoms in total. The molecule has 4 unspecified atom stereocenters. The van der Waals surface area contributed by atoms with Crippen molar-refractivity contribution in [2.75, 3.05) is 6.54 Å². The zero-order valence-corrected chi connectivity index (χ0v) is 20.7. The summed E-state index contributed by atoms with van der Waals surface area (Å²) in [6, 6.07) is 12.3. The van der Waals surface area contributed by atoms with Crippen molar-refractivity contribution in [3.8, 4) is 0 Å². The third kappa shape index (κ3) is 4.91. The van der Waals surface area contributed by atoms with Gasteiger partial charge >= 0.3 is 6.03 Å². The van der Waals surface area contributed by atoms with Gasteiger partial charge in [0, 0.05) is 16.8 Å². The quantitative estimate of drug-likeness (QED) is 0.610. The van der Waals surface area contributed by atoms with E-state index in [4.69, 9.17) is 11.6 Å². The fourth-order valence-electron chi connectivity index (χ4n) is 5.44. The van der Waals surface area contributed by atoms with Crippen LogP contribution in [0.4, 0.5) is 9.18 Å². The van der Waals surface area contributed by atoms with Crippen molar-refractivity contribution in [1.82, 2.24) is 15.1 Å². The highest BCUT2D eigenvalue weighted by Gasteiger charge is 2.57. The van der Waals surface area contributed by atoms with E-state index in [9.17, 15) is 18.8 Å². The molecule has 2 aromatic carbocycles. The average Bonchev–Trinajstić information content (AvgIpc) is 3.25. The number of amides is 4. The van der Waals surface area contributed by atoms with Crippen LogP contribution in [0.15, 0.2) is 48.5 Å². The molecule has 0 aromatic heterocycles. The van der Waals surface area contributed by atoms with E-state index in [1.807, 2.05) is 18.2 Å². The van der Waals surface area contributed by atoms with Crippen molar-refractivity contribution in [3.63, 3.8) is 0 Å². The van der Waals surface area contributed by atoms with Gasteiger partial charge in [0.1, 0.15) is 17.6 Å². The van der Waals surface area contributed by atoms with E-state index in [1.165, 1.54) is 17.0 Å². The molecule has 2 aromatic rings. The number of carbonyl (C=O) groups is 3. The Morgan fingerprint density at radius 3 is 2.60 bits per heavy atom. The van der Waals surface area contributed by atoms with E-state index in [1.54, 1.807) is 34.9 Å². The van der Waals surface area contributed by atoms with Crippen LogP contribution in [0.25, 0.3) is 0 Å². The minimum atomic E-state index is -0.458. The summed E-state index contributed by atoms with van der Waals surface area (Å²) in [5.41, 5.74) is 1.46. The maximum Gasteiger partial charge on any atom is 0.327 e. The fraction of sp³-hybridized carbons (Fsp3) is 0.423. The number of halogens is 2. The number of urea groups is 1. The van der Waals surface area contributed by atoms with E-state index in [0.29, 0.717) is 15.8 Å². The lowest BCUT2D eigenvalue weighted by Crippen LogP contribution is -2.64. The lowest BCUT2D eigenvalue weighted by atomic mass is 9.81. The van der Waals surface area contributed by atoms with Crippen LogP contribution in [0.5, 0.6) is 0 Å². The van der Waals surface area contributed by atoms with Gasteiger partial charge in [-0.3, -0.25) is 14.5 Å². The molecule has 3 aliphatic rings. The molecule has 9 heteroatoms. The Labute approximate surface area is 213 Å². The zero-order valence-electron chi connectivity index (χ0n) is 19.2. The predicted molar refractivity (Wildman–Crippen MR) is 133 cm³/mol. The molecule has 5 rings (SSSR count). The lowest BCUT2D eigenvalue weighted by molar-refractivity contribution is -0.135. The maximum absolute atomic E-state index is 13.6. The fourth-order valence-corrected chi connectivity index (χ4v) is 7.58. The van der Waals surface area contributed by atoms with E-state index >= 15 is 0 Å². The number of fused-ring (bicyclic) bond motifs is 3. The molecule has 2 aliphatic heterocycles. The van der Waals surface area contributed by atoms with Gasteiger partial charge < -0.3 is 10.2 Å². The second-order valence-electron chi connectivity index (χ2n) is 9.36. The number of carbonyl (C=O) groups excluding carboxylic acids is 3. The SMILES string of the molecule is O=C(CN1C(=O)N(Cc2ccc(F)cc2)C(=O)C2SC3CCCCC3C21)NCc1ccccc1Cl. The van der Waals surface area contributed by atoms with Crippen molar-refractivity contribution in [2.45, 2.75) is 55.3 Å². The number of imide groups is 1. The highest BCUT2D eigenvalue weighted by Crippen LogP contribution is 2.50. The number of rotatable bonds is 6. The van der Waals surface area contributed by atoms with Gasteiger partial charge in [0.15, 0.2) is 0 Å². The summed E-state index contributed by atoms with van der Waals surface area (Å²) in [7, 11) is 0. The Morgan fingerprint density at radius 2 is 1.83 bits per heavy atom. The van der Waals surface area contributed by atoms with Gasteiger partial charge in [0.05, 0.1) is 12.6 Å². The highest BCUT2D eigenvalue weighted by atomic mass is 35.5. The molecular formula is C26H27ClFN3O3S. The van der Waals surface area contributed by atoms with Crippen molar-refractivity contribution >= 4 is 41.2 Å². The van der Waals surface area contributed by atoms with E-state index in [0.717, 1.165) is 31.2 Å². The summed E-state index contributed by atoms with van der Waals surface area (Å²) in [6.45, 7) is 0.184. The van der Waals surface area contributed by atoms with Crippen molar-refractivity contribution < 1.29 is 18.8 Å². The standard InChI is InChI=1S/C26H27ClFN3O3S/c27-20-7-3-1-5-17(20)13-29-22(32)15-30-23-19-6-2-4-8-21(19)35-24(23)25(33)31(26(30)34)14-16-9-11-18(28)12-10-16/h1,3,5,7,9-12,19,21,23-24H,2,4,6,8,13-15H2,(H,29,32). The number of nitrogens with one attached hydrogen (secondary N) is 1. The van der Waals surface area contributed by atoms with Crippen LogP contribution in [0.2, 0.25) is 5.02 Å². The summed E-state index contributed by atoms with van der Waals surface area (Å²) in [5.74, 6) is -0.679. The maximum atomic E-state index is 13.6. The molecule has 0 spiro atoms. The molecule has 1 N–H and O–H groups in total. The van der Waals surface area contributed by atoms with Crippen LogP contribution in [0.3, 0.4) is 0 Å². The number of nitrogens with zero attached hydrogens (tertiary/aromatic N) is 2. The van der Waals surface area contributed by atoms with Crippen LogP contribution in [-0.4, -0.2) is 50.7 Å². The van der Waals surface area contributed by atoms with Gasteiger partial charge in [-0.2, -0.15) is 0 Å². The third-order valence-electron chi connectivity index (χ3n) is 7.17. The van der Waals surface area contributed by atoms with E-state index in [2.05, 4.69) is 5.32 Å². The molecule has 2 saturated heterocycles. The van der Waals surface area contributed by atoms with Gasteiger partial charge in [0.2, 0.25) is 11.8 Å². The van der Waals surface area contributed by atoms with Crippen molar-refractivity contribution in [1.29, 1.82) is 0 Å². The van der Waals surface area contributed by atoms with Crippen molar-refractivity contribution in [2.24, 2.45) is 5.92 Å². The summed E-state index contributed by atoms with van der Waals surface area (Å²) >= 11 is 7.86. The summed E-state index contributed by atoms with van der Waals surface area (Å²) < 4.78 is 13.4. The zero-order chi connectivity index (χ0) is 24.5. The Balaban J connectivity index is 1.37. The van der Waals surface area contributed by atoms with Gasteiger partial charge in [-0.15, -0.1) is 11.8 Å². The van der Waals surface area contributed by atoms with Gasteiger partial charge in [-0.25, -0.2) is 9.18 Å². The summed E-state index contributed by atoms with van der Waals surface area (Å²) in [4.78, 5) is 42.9.